The lowest BCUT2D eigenvalue weighted by Crippen LogP contribution is -2.14. The minimum atomic E-state index is 0.713. The summed E-state index contributed by atoms with van der Waals surface area (Å²) in [5.74, 6) is 0.713. The Morgan fingerprint density at radius 2 is 1.95 bits per heavy atom. The fraction of sp³-hybridized carbons (Fsp3) is 0.278. The molecule has 22 heavy (non-hydrogen) atoms. The minimum Gasteiger partial charge on any atom is -0.289 e. The number of thiazole rings is 1. The summed E-state index contributed by atoms with van der Waals surface area (Å²) in [6, 6.07) is 10.6. The predicted molar refractivity (Wildman–Crippen MR) is 92.7 cm³/mol. The van der Waals surface area contributed by atoms with Crippen LogP contribution >= 0.6 is 11.3 Å². The number of hydrogen-bond donors (Lipinski definition) is 0. The Morgan fingerprint density at radius 1 is 1.09 bits per heavy atom. The molecule has 3 nitrogen and oxygen atoms in total. The van der Waals surface area contributed by atoms with Gasteiger partial charge in [0.05, 0.1) is 10.2 Å². The average Bonchev–Trinajstić information content (AvgIpc) is 2.99. The number of aromatic nitrogens is 2. The second-order valence-electron chi connectivity index (χ2n) is 5.87. The summed E-state index contributed by atoms with van der Waals surface area (Å²) in [6.07, 6.45) is 5.93. The number of fused-ring (bicyclic) bond motifs is 1. The van der Waals surface area contributed by atoms with Crippen LogP contribution in [0.4, 0.5) is 0 Å². The van der Waals surface area contributed by atoms with Crippen molar-refractivity contribution in [2.24, 2.45) is 10.9 Å². The van der Waals surface area contributed by atoms with E-state index in [1.807, 2.05) is 24.5 Å². The Kier molecular flexibility index (Phi) is 3.47. The molecule has 2 aromatic heterocycles. The Hall–Kier alpha value is -2.07. The Morgan fingerprint density at radius 3 is 2.73 bits per heavy atom. The lowest BCUT2D eigenvalue weighted by atomic mass is 9.96. The van der Waals surface area contributed by atoms with Gasteiger partial charge in [0.1, 0.15) is 5.01 Å². The van der Waals surface area contributed by atoms with E-state index in [1.54, 1.807) is 11.3 Å². The first-order chi connectivity index (χ1) is 10.8. The van der Waals surface area contributed by atoms with Crippen LogP contribution in [0.25, 0.3) is 20.8 Å². The zero-order valence-corrected chi connectivity index (χ0v) is 13.3. The van der Waals surface area contributed by atoms with E-state index in [9.17, 15) is 0 Å². The number of pyridine rings is 1. The lowest BCUT2D eigenvalue weighted by molar-refractivity contribution is 0.538. The molecule has 0 aliphatic carbocycles. The zero-order valence-electron chi connectivity index (χ0n) is 12.5. The molecule has 0 fully saturated rings. The summed E-state index contributed by atoms with van der Waals surface area (Å²) < 4.78 is 1.22. The average molecular weight is 307 g/mol. The number of aliphatic imine (C=N–C) groups is 1. The van der Waals surface area contributed by atoms with Crippen molar-refractivity contribution in [3.05, 3.63) is 48.3 Å². The van der Waals surface area contributed by atoms with E-state index in [1.165, 1.54) is 22.4 Å². The molecule has 1 aliphatic rings. The van der Waals surface area contributed by atoms with Crippen molar-refractivity contribution >= 4 is 27.3 Å². The van der Waals surface area contributed by atoms with Gasteiger partial charge in [-0.25, -0.2) is 4.98 Å². The number of rotatable bonds is 2. The van der Waals surface area contributed by atoms with Crippen LogP contribution in [0.1, 0.15) is 25.3 Å². The molecule has 1 unspecified atom stereocenters. The van der Waals surface area contributed by atoms with Crippen molar-refractivity contribution < 1.29 is 0 Å². The second-order valence-corrected chi connectivity index (χ2v) is 6.90. The fourth-order valence-corrected chi connectivity index (χ4v) is 3.73. The largest absolute Gasteiger partial charge is 0.289 e. The number of nitrogens with zero attached hydrogens (tertiary/aromatic N) is 3. The van der Waals surface area contributed by atoms with E-state index < -0.39 is 0 Å². The third kappa shape index (κ3) is 2.55. The molecule has 110 valence electrons. The second kappa shape index (κ2) is 5.61. The molecule has 4 rings (SSSR count). The van der Waals surface area contributed by atoms with Crippen LogP contribution in [0.3, 0.4) is 0 Å². The summed E-state index contributed by atoms with van der Waals surface area (Å²) in [5, 5.41) is 1.05. The molecule has 0 radical (unpaired) electrons. The maximum Gasteiger partial charge on any atom is 0.124 e. The van der Waals surface area contributed by atoms with E-state index in [0.717, 1.165) is 29.1 Å². The van der Waals surface area contributed by atoms with Crippen LogP contribution in [0.2, 0.25) is 0 Å². The molecule has 0 bridgehead atoms. The van der Waals surface area contributed by atoms with Gasteiger partial charge < -0.3 is 0 Å². The summed E-state index contributed by atoms with van der Waals surface area (Å²) in [4.78, 5) is 13.6. The molecule has 0 N–H and O–H groups in total. The van der Waals surface area contributed by atoms with Crippen LogP contribution in [0.15, 0.2) is 47.7 Å². The highest BCUT2D eigenvalue weighted by atomic mass is 32.1. The summed E-state index contributed by atoms with van der Waals surface area (Å²) in [7, 11) is 0. The topological polar surface area (TPSA) is 38.1 Å². The summed E-state index contributed by atoms with van der Waals surface area (Å²) in [6.45, 7) is 3.22. The van der Waals surface area contributed by atoms with Crippen LogP contribution in [0.5, 0.6) is 0 Å². The highest BCUT2D eigenvalue weighted by molar-refractivity contribution is 7.21. The van der Waals surface area contributed by atoms with Gasteiger partial charge in [0, 0.05) is 30.2 Å². The molecular formula is C18H17N3S. The van der Waals surface area contributed by atoms with Gasteiger partial charge in [-0.3, -0.25) is 9.98 Å². The number of benzene rings is 1. The Balaban J connectivity index is 1.72. The summed E-state index contributed by atoms with van der Waals surface area (Å²) >= 11 is 1.73. The summed E-state index contributed by atoms with van der Waals surface area (Å²) in [5.41, 5.74) is 4.65. The number of hydrogen-bond acceptors (Lipinski definition) is 4. The van der Waals surface area contributed by atoms with E-state index in [4.69, 9.17) is 9.98 Å². The van der Waals surface area contributed by atoms with Gasteiger partial charge in [-0.05, 0) is 48.6 Å². The van der Waals surface area contributed by atoms with Gasteiger partial charge in [-0.2, -0.15) is 0 Å². The predicted octanol–water partition coefficient (Wildman–Crippen LogP) is 4.58. The monoisotopic (exact) mass is 307 g/mol. The van der Waals surface area contributed by atoms with E-state index in [2.05, 4.69) is 30.1 Å². The molecule has 0 spiro atoms. The fourth-order valence-electron chi connectivity index (χ4n) is 2.78. The van der Waals surface area contributed by atoms with Crippen molar-refractivity contribution in [3.63, 3.8) is 0 Å². The third-order valence-electron chi connectivity index (χ3n) is 4.12. The molecule has 3 aromatic rings. The smallest absolute Gasteiger partial charge is 0.124 e. The third-order valence-corrected chi connectivity index (χ3v) is 5.20. The maximum atomic E-state index is 4.79. The van der Waals surface area contributed by atoms with Gasteiger partial charge in [0.15, 0.2) is 0 Å². The Labute approximate surface area is 133 Å². The van der Waals surface area contributed by atoms with Gasteiger partial charge in [0.25, 0.3) is 0 Å². The quantitative estimate of drug-likeness (QED) is 0.695. The lowest BCUT2D eigenvalue weighted by Gasteiger charge is -2.17. The molecule has 3 heterocycles. The molecule has 4 heteroatoms. The molecular weight excluding hydrogens is 290 g/mol. The van der Waals surface area contributed by atoms with Crippen LogP contribution in [-0.4, -0.2) is 22.2 Å². The van der Waals surface area contributed by atoms with E-state index >= 15 is 0 Å². The van der Waals surface area contributed by atoms with Gasteiger partial charge >= 0.3 is 0 Å². The normalized spacial score (nSPS) is 18.4. The van der Waals surface area contributed by atoms with Crippen molar-refractivity contribution in [1.29, 1.82) is 0 Å². The van der Waals surface area contributed by atoms with Gasteiger partial charge in [-0.1, -0.05) is 13.0 Å². The van der Waals surface area contributed by atoms with Crippen molar-refractivity contribution in [1.82, 2.24) is 9.97 Å². The van der Waals surface area contributed by atoms with Crippen LogP contribution in [-0.2, 0) is 0 Å². The van der Waals surface area contributed by atoms with E-state index in [0.29, 0.717) is 5.92 Å². The van der Waals surface area contributed by atoms with Crippen LogP contribution < -0.4 is 0 Å². The highest BCUT2D eigenvalue weighted by Crippen LogP contribution is 2.31. The maximum absolute atomic E-state index is 4.79. The first kappa shape index (κ1) is 13.6. The van der Waals surface area contributed by atoms with Crippen molar-refractivity contribution in [2.75, 3.05) is 6.54 Å². The molecule has 1 aromatic carbocycles. The first-order valence-corrected chi connectivity index (χ1v) is 8.46. The zero-order chi connectivity index (χ0) is 14.9. The van der Waals surface area contributed by atoms with Gasteiger partial charge in [0.2, 0.25) is 0 Å². The molecule has 1 aliphatic heterocycles. The molecule has 0 saturated carbocycles. The molecule has 1 atom stereocenters. The first-order valence-electron chi connectivity index (χ1n) is 7.64. The van der Waals surface area contributed by atoms with Crippen LogP contribution in [0, 0.1) is 5.92 Å². The highest BCUT2D eigenvalue weighted by Gasteiger charge is 2.14. The van der Waals surface area contributed by atoms with Gasteiger partial charge in [-0.15, -0.1) is 11.3 Å². The standard InChI is InChI=1S/C18H17N3S/c1-12-2-4-15(20-11-12)14-3-5-17-16(10-14)21-18(22-17)13-6-8-19-9-7-13/h3,5-10,12H,2,4,11H2,1H3. The Bertz CT molecular complexity index is 836. The minimum absolute atomic E-state index is 0.713. The molecule has 0 amide bonds. The van der Waals surface area contributed by atoms with E-state index in [-0.39, 0.29) is 0 Å². The van der Waals surface area contributed by atoms with Crippen molar-refractivity contribution in [2.45, 2.75) is 19.8 Å². The SMILES string of the molecule is CC1CCC(c2ccc3sc(-c4ccncc4)nc3c2)=NC1. The van der Waals surface area contributed by atoms with Crippen molar-refractivity contribution in [3.8, 4) is 10.6 Å². The molecule has 0 saturated heterocycles.